The van der Waals surface area contributed by atoms with Gasteiger partial charge in [0.05, 0.1) is 5.69 Å². The molecule has 0 saturated carbocycles. The molecule has 0 radical (unpaired) electrons. The first kappa shape index (κ1) is 14.4. The van der Waals surface area contributed by atoms with Crippen LogP contribution in [-0.4, -0.2) is 54.6 Å². The predicted octanol–water partition coefficient (Wildman–Crippen LogP) is 1.58. The van der Waals surface area contributed by atoms with E-state index in [9.17, 15) is 0 Å². The summed E-state index contributed by atoms with van der Waals surface area (Å²) in [5, 5.41) is 3.17. The van der Waals surface area contributed by atoms with Gasteiger partial charge in [0.2, 0.25) is 0 Å². The van der Waals surface area contributed by atoms with Crippen molar-refractivity contribution in [3.8, 4) is 0 Å². The van der Waals surface area contributed by atoms with Crippen molar-refractivity contribution in [3.63, 3.8) is 0 Å². The second kappa shape index (κ2) is 6.03. The van der Waals surface area contributed by atoms with E-state index in [-0.39, 0.29) is 0 Å². The van der Waals surface area contributed by atoms with Gasteiger partial charge in [-0.3, -0.25) is 4.40 Å². The third-order valence-corrected chi connectivity index (χ3v) is 4.48. The van der Waals surface area contributed by atoms with Gasteiger partial charge in [-0.25, -0.2) is 4.98 Å². The number of nitrogens with zero attached hydrogens (tertiary/aromatic N) is 4. The summed E-state index contributed by atoms with van der Waals surface area (Å²) in [5.74, 6) is 1.23. The van der Waals surface area contributed by atoms with Crippen LogP contribution in [0.15, 0.2) is 24.4 Å². The highest BCUT2D eigenvalue weighted by atomic mass is 15.2. The van der Waals surface area contributed by atoms with E-state index in [0.717, 1.165) is 17.9 Å². The van der Waals surface area contributed by atoms with E-state index >= 15 is 0 Å². The quantitative estimate of drug-likeness (QED) is 0.926. The maximum atomic E-state index is 4.67. The zero-order chi connectivity index (χ0) is 14.8. The van der Waals surface area contributed by atoms with Gasteiger partial charge < -0.3 is 15.1 Å². The smallest absolute Gasteiger partial charge is 0.138 e. The minimum absolute atomic E-state index is 0.613. The lowest BCUT2D eigenvalue weighted by atomic mass is 10.0. The van der Waals surface area contributed by atoms with E-state index in [0.29, 0.717) is 6.04 Å². The Kier molecular flexibility index (Phi) is 4.12. The number of nitrogens with one attached hydrogen (secondary N) is 1. The van der Waals surface area contributed by atoms with Crippen LogP contribution in [0.25, 0.3) is 5.65 Å². The molecule has 21 heavy (non-hydrogen) atoms. The number of fused-ring (bicyclic) bond motifs is 1. The van der Waals surface area contributed by atoms with Gasteiger partial charge >= 0.3 is 0 Å². The molecule has 0 spiro atoms. The van der Waals surface area contributed by atoms with E-state index in [1.54, 1.807) is 0 Å². The fourth-order valence-corrected chi connectivity index (χ4v) is 3.17. The van der Waals surface area contributed by atoms with Crippen LogP contribution in [0.1, 0.15) is 18.5 Å². The highest BCUT2D eigenvalue weighted by molar-refractivity contribution is 5.52. The summed E-state index contributed by atoms with van der Waals surface area (Å²) in [6.45, 7) is 3.17. The first-order valence-corrected chi connectivity index (χ1v) is 7.72. The van der Waals surface area contributed by atoms with Crippen LogP contribution in [0.5, 0.6) is 0 Å². The van der Waals surface area contributed by atoms with E-state index in [1.807, 2.05) is 7.05 Å². The number of hydrogen-bond acceptors (Lipinski definition) is 4. The van der Waals surface area contributed by atoms with Crippen LogP contribution in [-0.2, 0) is 6.54 Å². The normalized spacial score (nSPS) is 17.5. The van der Waals surface area contributed by atoms with Gasteiger partial charge in [0.1, 0.15) is 11.5 Å². The monoisotopic (exact) mass is 287 g/mol. The molecule has 0 atom stereocenters. The molecule has 2 aromatic rings. The van der Waals surface area contributed by atoms with E-state index in [2.05, 4.69) is 63.0 Å². The standard InChI is InChI=1S/C16H25N5/c1-17-11-13-12-21-15(18-13)5-4-6-16(21)20(3)14-7-9-19(2)10-8-14/h4-6,12,14,17H,7-11H2,1-3H3. The highest BCUT2D eigenvalue weighted by Crippen LogP contribution is 2.23. The highest BCUT2D eigenvalue weighted by Gasteiger charge is 2.22. The number of hydrogen-bond donors (Lipinski definition) is 1. The molecule has 0 amide bonds. The molecule has 5 nitrogen and oxygen atoms in total. The van der Waals surface area contributed by atoms with Crippen LogP contribution >= 0.6 is 0 Å². The van der Waals surface area contributed by atoms with E-state index in [4.69, 9.17) is 0 Å². The van der Waals surface area contributed by atoms with Gasteiger partial charge in [-0.15, -0.1) is 0 Å². The Balaban J connectivity index is 1.88. The van der Waals surface area contributed by atoms with Crippen molar-refractivity contribution < 1.29 is 0 Å². The lowest BCUT2D eigenvalue weighted by molar-refractivity contribution is 0.252. The largest absolute Gasteiger partial charge is 0.358 e. The molecular weight excluding hydrogens is 262 g/mol. The van der Waals surface area contributed by atoms with Crippen LogP contribution < -0.4 is 10.2 Å². The second-order valence-electron chi connectivity index (χ2n) is 6.02. The fourth-order valence-electron chi connectivity index (χ4n) is 3.17. The SMILES string of the molecule is CNCc1cn2c(N(C)C3CCN(C)CC3)cccc2n1. The van der Waals surface area contributed by atoms with Crippen LogP contribution in [0.4, 0.5) is 5.82 Å². The number of likely N-dealkylation sites (tertiary alicyclic amines) is 1. The van der Waals surface area contributed by atoms with Crippen LogP contribution in [0.3, 0.4) is 0 Å². The number of imidazole rings is 1. The first-order chi connectivity index (χ1) is 10.2. The van der Waals surface area contributed by atoms with Crippen molar-refractivity contribution >= 4 is 11.5 Å². The van der Waals surface area contributed by atoms with Crippen LogP contribution in [0, 0.1) is 0 Å². The molecule has 114 valence electrons. The zero-order valence-corrected chi connectivity index (χ0v) is 13.2. The summed E-state index contributed by atoms with van der Waals surface area (Å²) in [6, 6.07) is 6.98. The predicted molar refractivity (Wildman–Crippen MR) is 86.9 cm³/mol. The van der Waals surface area contributed by atoms with Crippen molar-refractivity contribution in [3.05, 3.63) is 30.1 Å². The van der Waals surface area contributed by atoms with E-state index in [1.165, 1.54) is 31.7 Å². The number of pyridine rings is 1. The lowest BCUT2D eigenvalue weighted by Gasteiger charge is -2.36. The maximum absolute atomic E-state index is 4.67. The summed E-state index contributed by atoms with van der Waals surface area (Å²) >= 11 is 0. The third kappa shape index (κ3) is 2.89. The summed E-state index contributed by atoms with van der Waals surface area (Å²) in [5.41, 5.74) is 2.11. The zero-order valence-electron chi connectivity index (χ0n) is 13.2. The molecule has 0 aromatic carbocycles. The molecule has 5 heteroatoms. The van der Waals surface area contributed by atoms with Gasteiger partial charge in [0, 0.05) is 25.8 Å². The first-order valence-electron chi connectivity index (χ1n) is 7.72. The Morgan fingerprint density at radius 3 is 2.81 bits per heavy atom. The molecule has 0 bridgehead atoms. The van der Waals surface area contributed by atoms with E-state index < -0.39 is 0 Å². The fraction of sp³-hybridized carbons (Fsp3) is 0.562. The number of rotatable bonds is 4. The van der Waals surface area contributed by atoms with Gasteiger partial charge in [0.15, 0.2) is 0 Å². The Bertz CT molecular complexity index is 598. The van der Waals surface area contributed by atoms with Crippen molar-refractivity contribution in [2.24, 2.45) is 0 Å². The van der Waals surface area contributed by atoms with Crippen molar-refractivity contribution in [2.45, 2.75) is 25.4 Å². The average Bonchev–Trinajstić information content (AvgIpc) is 2.90. The molecule has 1 fully saturated rings. The van der Waals surface area contributed by atoms with Gasteiger partial charge in [-0.2, -0.15) is 0 Å². The molecule has 1 saturated heterocycles. The van der Waals surface area contributed by atoms with Crippen LogP contribution in [0.2, 0.25) is 0 Å². The summed E-state index contributed by atoms with van der Waals surface area (Å²) in [4.78, 5) is 9.50. The van der Waals surface area contributed by atoms with Crippen molar-refractivity contribution in [1.29, 1.82) is 0 Å². The molecule has 0 aliphatic carbocycles. The topological polar surface area (TPSA) is 35.8 Å². The second-order valence-corrected chi connectivity index (χ2v) is 6.02. The average molecular weight is 287 g/mol. The molecule has 2 aromatic heterocycles. The summed E-state index contributed by atoms with van der Waals surface area (Å²) < 4.78 is 2.21. The van der Waals surface area contributed by atoms with Crippen molar-refractivity contribution in [1.82, 2.24) is 19.6 Å². The number of piperidine rings is 1. The molecule has 1 aliphatic heterocycles. The molecular formula is C16H25N5. The number of anilines is 1. The Labute approximate surface area is 126 Å². The number of aromatic nitrogens is 2. The van der Waals surface area contributed by atoms with Crippen molar-refractivity contribution in [2.75, 3.05) is 39.1 Å². The summed E-state index contributed by atoms with van der Waals surface area (Å²) in [6.07, 6.45) is 4.59. The Morgan fingerprint density at radius 2 is 2.10 bits per heavy atom. The molecule has 0 unspecified atom stereocenters. The van der Waals surface area contributed by atoms with Gasteiger partial charge in [-0.1, -0.05) is 6.07 Å². The minimum atomic E-state index is 0.613. The van der Waals surface area contributed by atoms with Gasteiger partial charge in [-0.05, 0) is 52.2 Å². The third-order valence-electron chi connectivity index (χ3n) is 4.48. The Morgan fingerprint density at radius 1 is 1.33 bits per heavy atom. The molecule has 1 N–H and O–H groups in total. The lowest BCUT2D eigenvalue weighted by Crippen LogP contribution is -2.42. The molecule has 3 rings (SSSR count). The van der Waals surface area contributed by atoms with Gasteiger partial charge in [0.25, 0.3) is 0 Å². The molecule has 3 heterocycles. The Hall–Kier alpha value is -1.59. The summed E-state index contributed by atoms with van der Waals surface area (Å²) in [7, 11) is 6.37. The maximum Gasteiger partial charge on any atom is 0.138 e. The molecule has 1 aliphatic rings. The minimum Gasteiger partial charge on any atom is -0.358 e.